The smallest absolute Gasteiger partial charge is 0.255 e. The summed E-state index contributed by atoms with van der Waals surface area (Å²) in [4.78, 5) is 14.9. The predicted octanol–water partition coefficient (Wildman–Crippen LogP) is 3.53. The molecule has 0 saturated carbocycles. The highest BCUT2D eigenvalue weighted by molar-refractivity contribution is 7.89. The molecule has 1 amide bonds. The van der Waals surface area contributed by atoms with Gasteiger partial charge in [0.05, 0.1) is 5.75 Å². The molecule has 0 radical (unpaired) electrons. The zero-order valence-electron chi connectivity index (χ0n) is 18.0. The van der Waals surface area contributed by atoms with Gasteiger partial charge in [0.1, 0.15) is 0 Å². The van der Waals surface area contributed by atoms with Gasteiger partial charge in [0.2, 0.25) is 10.0 Å². The first-order valence-electron chi connectivity index (χ1n) is 10.5. The summed E-state index contributed by atoms with van der Waals surface area (Å²) >= 11 is 0. The molecule has 3 rings (SSSR count). The third-order valence-electron chi connectivity index (χ3n) is 5.52. The number of hydrogen-bond donors (Lipinski definition) is 1. The molecule has 0 aliphatic carbocycles. The minimum atomic E-state index is -3.12. The number of amides is 1. The number of sulfonamides is 1. The molecule has 1 fully saturated rings. The minimum Gasteiger partial charge on any atom is -0.322 e. The number of piperazine rings is 1. The van der Waals surface area contributed by atoms with Gasteiger partial charge in [-0.1, -0.05) is 38.1 Å². The van der Waals surface area contributed by atoms with E-state index in [1.807, 2.05) is 48.5 Å². The number of carbonyl (C=O) groups excluding carboxylic acids is 1. The first-order chi connectivity index (χ1) is 14.3. The lowest BCUT2D eigenvalue weighted by molar-refractivity contribution is 0.102. The predicted molar refractivity (Wildman–Crippen MR) is 121 cm³/mol. The second-order valence-electron chi connectivity index (χ2n) is 8.01. The van der Waals surface area contributed by atoms with Crippen LogP contribution >= 0.6 is 0 Å². The second-order valence-corrected chi connectivity index (χ2v) is 10.3. The molecule has 6 nitrogen and oxygen atoms in total. The van der Waals surface area contributed by atoms with Crippen molar-refractivity contribution in [3.8, 4) is 0 Å². The van der Waals surface area contributed by atoms with Crippen LogP contribution in [0.4, 0.5) is 5.69 Å². The summed E-state index contributed by atoms with van der Waals surface area (Å²) in [5, 5.41) is 2.96. The summed E-state index contributed by atoms with van der Waals surface area (Å²) in [6.45, 7) is 9.08. The number of carbonyl (C=O) groups is 1. The number of anilines is 1. The quantitative estimate of drug-likeness (QED) is 0.731. The van der Waals surface area contributed by atoms with Gasteiger partial charge in [0, 0.05) is 44.0 Å². The number of nitrogens with zero attached hydrogens (tertiary/aromatic N) is 2. The highest BCUT2D eigenvalue weighted by atomic mass is 32.2. The molecule has 2 aromatic carbocycles. The van der Waals surface area contributed by atoms with Crippen LogP contribution in [0.5, 0.6) is 0 Å². The Morgan fingerprint density at radius 3 is 2.30 bits per heavy atom. The van der Waals surface area contributed by atoms with E-state index in [1.54, 1.807) is 11.2 Å². The molecule has 30 heavy (non-hydrogen) atoms. The highest BCUT2D eigenvalue weighted by Gasteiger charge is 2.25. The molecule has 1 N–H and O–H groups in total. The van der Waals surface area contributed by atoms with Crippen LogP contribution < -0.4 is 5.32 Å². The third kappa shape index (κ3) is 5.68. The Morgan fingerprint density at radius 2 is 1.70 bits per heavy atom. The van der Waals surface area contributed by atoms with E-state index in [0.29, 0.717) is 44.2 Å². The molecule has 2 aromatic rings. The summed E-state index contributed by atoms with van der Waals surface area (Å²) in [7, 11) is -3.12. The second kappa shape index (κ2) is 9.73. The van der Waals surface area contributed by atoms with Crippen molar-refractivity contribution in [2.75, 3.05) is 37.2 Å². The van der Waals surface area contributed by atoms with Crippen LogP contribution in [0.2, 0.25) is 0 Å². The van der Waals surface area contributed by atoms with Gasteiger partial charge in [-0.3, -0.25) is 9.69 Å². The van der Waals surface area contributed by atoms with E-state index in [9.17, 15) is 13.2 Å². The molecule has 0 aromatic heterocycles. The Morgan fingerprint density at radius 1 is 1.03 bits per heavy atom. The molecular formula is C23H31N3O3S. The van der Waals surface area contributed by atoms with E-state index < -0.39 is 10.0 Å². The van der Waals surface area contributed by atoms with Crippen LogP contribution in [0.1, 0.15) is 48.2 Å². The van der Waals surface area contributed by atoms with Gasteiger partial charge in [-0.15, -0.1) is 0 Å². The lowest BCUT2D eigenvalue weighted by atomic mass is 10.0. The van der Waals surface area contributed by atoms with E-state index in [4.69, 9.17) is 0 Å². The highest BCUT2D eigenvalue weighted by Crippen LogP contribution is 2.18. The van der Waals surface area contributed by atoms with Crippen LogP contribution in [0.3, 0.4) is 0 Å². The van der Waals surface area contributed by atoms with Crippen molar-refractivity contribution in [1.82, 2.24) is 9.21 Å². The van der Waals surface area contributed by atoms with Crippen molar-refractivity contribution < 1.29 is 13.2 Å². The zero-order valence-corrected chi connectivity index (χ0v) is 18.8. The van der Waals surface area contributed by atoms with Crippen LogP contribution in [0.25, 0.3) is 0 Å². The fourth-order valence-corrected chi connectivity index (χ4v) is 4.66. The topological polar surface area (TPSA) is 69.7 Å². The van der Waals surface area contributed by atoms with E-state index in [1.165, 1.54) is 5.56 Å². The summed E-state index contributed by atoms with van der Waals surface area (Å²) in [5.74, 6) is 0.466. The zero-order chi connectivity index (χ0) is 21.7. The Bertz CT molecular complexity index is 963. The molecule has 162 valence electrons. The fourth-order valence-electron chi connectivity index (χ4n) is 3.57. The summed E-state index contributed by atoms with van der Waals surface area (Å²) in [5.41, 5.74) is 3.68. The van der Waals surface area contributed by atoms with Crippen molar-refractivity contribution in [3.63, 3.8) is 0 Å². The summed E-state index contributed by atoms with van der Waals surface area (Å²) in [6.07, 6.45) is 0. The number of hydrogen-bond acceptors (Lipinski definition) is 4. The first kappa shape index (κ1) is 22.5. The van der Waals surface area contributed by atoms with Crippen LogP contribution in [-0.2, 0) is 16.6 Å². The number of rotatable bonds is 7. The van der Waals surface area contributed by atoms with E-state index in [0.717, 1.165) is 11.3 Å². The summed E-state index contributed by atoms with van der Waals surface area (Å²) < 4.78 is 25.6. The monoisotopic (exact) mass is 429 g/mol. The van der Waals surface area contributed by atoms with Crippen LogP contribution in [0.15, 0.2) is 48.5 Å². The maximum absolute atomic E-state index is 12.7. The van der Waals surface area contributed by atoms with Crippen molar-refractivity contribution in [3.05, 3.63) is 65.2 Å². The Kier molecular flexibility index (Phi) is 7.28. The third-order valence-corrected chi connectivity index (χ3v) is 7.40. The first-order valence-corrected chi connectivity index (χ1v) is 12.1. The van der Waals surface area contributed by atoms with Crippen LogP contribution in [-0.4, -0.2) is 55.5 Å². The fraction of sp³-hybridized carbons (Fsp3) is 0.435. The Balaban J connectivity index is 1.59. The van der Waals surface area contributed by atoms with Gasteiger partial charge in [-0.2, -0.15) is 4.31 Å². The summed E-state index contributed by atoms with van der Waals surface area (Å²) in [6, 6.07) is 15.6. The molecular weight excluding hydrogens is 398 g/mol. The van der Waals surface area contributed by atoms with Gasteiger partial charge in [-0.25, -0.2) is 8.42 Å². The van der Waals surface area contributed by atoms with Crippen molar-refractivity contribution in [2.45, 2.75) is 33.2 Å². The van der Waals surface area contributed by atoms with Crippen molar-refractivity contribution in [2.24, 2.45) is 0 Å². The van der Waals surface area contributed by atoms with Gasteiger partial charge < -0.3 is 5.32 Å². The maximum Gasteiger partial charge on any atom is 0.255 e. The molecule has 0 bridgehead atoms. The average molecular weight is 430 g/mol. The molecule has 1 saturated heterocycles. The van der Waals surface area contributed by atoms with E-state index in [-0.39, 0.29) is 11.7 Å². The molecule has 1 heterocycles. The van der Waals surface area contributed by atoms with Gasteiger partial charge in [0.15, 0.2) is 0 Å². The molecule has 0 spiro atoms. The van der Waals surface area contributed by atoms with Crippen molar-refractivity contribution in [1.29, 1.82) is 0 Å². The van der Waals surface area contributed by atoms with Crippen molar-refractivity contribution >= 4 is 21.6 Å². The van der Waals surface area contributed by atoms with Crippen LogP contribution in [0, 0.1) is 0 Å². The SMILES string of the molecule is CCS(=O)(=O)N1CCN(Cc2cccc(C(=O)Nc3ccc(C(C)C)cc3)c2)CC1. The molecule has 1 aliphatic rings. The van der Waals surface area contributed by atoms with Gasteiger partial charge >= 0.3 is 0 Å². The van der Waals surface area contributed by atoms with E-state index in [2.05, 4.69) is 24.1 Å². The lowest BCUT2D eigenvalue weighted by Gasteiger charge is -2.33. The van der Waals surface area contributed by atoms with Gasteiger partial charge in [-0.05, 0) is 48.2 Å². The average Bonchev–Trinajstić information content (AvgIpc) is 2.74. The standard InChI is InChI=1S/C23H31N3O3S/c1-4-30(28,29)26-14-12-25(13-15-26)17-19-6-5-7-21(16-19)23(27)24-22-10-8-20(9-11-22)18(2)3/h5-11,16,18H,4,12-15,17H2,1-3H3,(H,24,27). The largest absolute Gasteiger partial charge is 0.322 e. The van der Waals surface area contributed by atoms with E-state index >= 15 is 0 Å². The van der Waals surface area contributed by atoms with Gasteiger partial charge in [0.25, 0.3) is 5.91 Å². The Hall–Kier alpha value is -2.22. The molecule has 1 aliphatic heterocycles. The normalized spacial score (nSPS) is 16.0. The maximum atomic E-state index is 12.7. The molecule has 0 atom stereocenters. The Labute approximate surface area is 179 Å². The number of benzene rings is 2. The molecule has 0 unspecified atom stereocenters. The molecule has 7 heteroatoms. The number of nitrogens with one attached hydrogen (secondary N) is 1. The minimum absolute atomic E-state index is 0.131. The lowest BCUT2D eigenvalue weighted by Crippen LogP contribution is -2.48.